The third kappa shape index (κ3) is 8.47. The van der Waals surface area contributed by atoms with E-state index in [1.54, 1.807) is 16.8 Å². The Bertz CT molecular complexity index is 1200. The molecule has 3 aromatic rings. The van der Waals surface area contributed by atoms with Gasteiger partial charge in [0.1, 0.15) is 5.82 Å². The fraction of sp³-hybridized carbons (Fsp3) is 0.393. The van der Waals surface area contributed by atoms with Gasteiger partial charge >= 0.3 is 35.5 Å². The number of carboxylic acids is 1. The first kappa shape index (κ1) is 31.7. The van der Waals surface area contributed by atoms with Gasteiger partial charge in [-0.3, -0.25) is 9.59 Å². The van der Waals surface area contributed by atoms with Crippen molar-refractivity contribution in [3.05, 3.63) is 82.9 Å². The van der Waals surface area contributed by atoms with Crippen LogP contribution in [0.4, 0.5) is 4.39 Å². The van der Waals surface area contributed by atoms with Crippen LogP contribution in [0.3, 0.4) is 0 Å². The number of amides is 1. The van der Waals surface area contributed by atoms with E-state index in [1.165, 1.54) is 12.1 Å². The van der Waals surface area contributed by atoms with E-state index in [0.717, 1.165) is 5.56 Å². The summed E-state index contributed by atoms with van der Waals surface area (Å²) < 4.78 is 15.2. The zero-order chi connectivity index (χ0) is 27.1. The number of hydrogen-bond donors (Lipinski definition) is 4. The summed E-state index contributed by atoms with van der Waals surface area (Å²) in [5.74, 6) is -1.98. The number of halogens is 1. The minimum atomic E-state index is -1.17. The molecule has 8 nitrogen and oxygen atoms in total. The van der Waals surface area contributed by atoms with Crippen LogP contribution in [-0.2, 0) is 11.2 Å². The molecule has 2 aromatic carbocycles. The van der Waals surface area contributed by atoms with Gasteiger partial charge in [-0.2, -0.15) is 5.10 Å². The number of aromatic nitrogens is 2. The molecule has 0 aliphatic rings. The third-order valence-corrected chi connectivity index (χ3v) is 6.20. The first-order valence-corrected chi connectivity index (χ1v) is 12.4. The van der Waals surface area contributed by atoms with Crippen LogP contribution in [0.15, 0.2) is 54.6 Å². The molecule has 1 unspecified atom stereocenters. The molecule has 0 bridgehead atoms. The van der Waals surface area contributed by atoms with Crippen molar-refractivity contribution in [2.45, 2.75) is 70.6 Å². The average Bonchev–Trinajstić information content (AvgIpc) is 3.23. The quantitative estimate of drug-likeness (QED) is 0.263. The van der Waals surface area contributed by atoms with E-state index < -0.39 is 30.4 Å². The normalized spacial score (nSPS) is 13.4. The number of benzene rings is 2. The van der Waals surface area contributed by atoms with Gasteiger partial charge in [-0.05, 0) is 61.9 Å². The summed E-state index contributed by atoms with van der Waals surface area (Å²) in [5, 5.41) is 36.9. The van der Waals surface area contributed by atoms with Crippen molar-refractivity contribution in [3.8, 4) is 5.69 Å². The van der Waals surface area contributed by atoms with E-state index in [4.69, 9.17) is 5.11 Å². The van der Waals surface area contributed by atoms with Crippen LogP contribution in [0, 0.1) is 5.82 Å². The van der Waals surface area contributed by atoms with Gasteiger partial charge in [0.15, 0.2) is 5.69 Å². The van der Waals surface area contributed by atoms with Crippen LogP contribution in [0.5, 0.6) is 0 Å². The summed E-state index contributed by atoms with van der Waals surface area (Å²) in [5.41, 5.74) is 3.15. The van der Waals surface area contributed by atoms with Crippen LogP contribution in [-0.4, -0.2) is 78.7 Å². The zero-order valence-corrected chi connectivity index (χ0v) is 21.3. The third-order valence-electron chi connectivity index (χ3n) is 6.20. The van der Waals surface area contributed by atoms with E-state index in [-0.39, 0.29) is 66.0 Å². The number of carboxylic acid groups (broad SMARTS) is 1. The number of carbonyl (C=O) groups excluding carboxylic acids is 1. The Morgan fingerprint density at radius 3 is 2.21 bits per heavy atom. The van der Waals surface area contributed by atoms with Gasteiger partial charge in [-0.15, -0.1) is 0 Å². The van der Waals surface area contributed by atoms with Gasteiger partial charge in [0.2, 0.25) is 0 Å². The Morgan fingerprint density at radius 1 is 1.00 bits per heavy atom. The summed E-state index contributed by atoms with van der Waals surface area (Å²) in [6, 6.07) is 15.1. The van der Waals surface area contributed by atoms with Crippen LogP contribution in [0.1, 0.15) is 79.3 Å². The van der Waals surface area contributed by atoms with Crippen molar-refractivity contribution >= 4 is 41.4 Å². The molecule has 1 heterocycles. The molecule has 0 saturated carbocycles. The first-order chi connectivity index (χ1) is 17.6. The SMILES string of the molecule is CC(C)c1c(C(=O)NC(C)c2ccccc2)nn(-c2ccc(F)cc2)c1CC[C@@H](O)C[C@@H](O)CC(=O)O.[NaH]. The number of hydrogen-bond acceptors (Lipinski definition) is 5. The monoisotopic (exact) mass is 535 g/mol. The average molecular weight is 536 g/mol. The van der Waals surface area contributed by atoms with Gasteiger partial charge in [-0.1, -0.05) is 44.2 Å². The van der Waals surface area contributed by atoms with E-state index in [0.29, 0.717) is 23.4 Å². The molecule has 1 aromatic heterocycles. The van der Waals surface area contributed by atoms with Crippen molar-refractivity contribution in [2.24, 2.45) is 0 Å². The van der Waals surface area contributed by atoms with Crippen molar-refractivity contribution in [3.63, 3.8) is 0 Å². The molecule has 3 rings (SSSR count). The number of rotatable bonds is 12. The number of nitrogens with one attached hydrogen (secondary N) is 1. The molecule has 200 valence electrons. The number of nitrogens with zero attached hydrogens (tertiary/aromatic N) is 2. The number of carbonyl (C=O) groups is 2. The first-order valence-electron chi connectivity index (χ1n) is 12.4. The van der Waals surface area contributed by atoms with Crippen molar-refractivity contribution < 1.29 is 29.3 Å². The van der Waals surface area contributed by atoms with E-state index >= 15 is 0 Å². The molecule has 0 aliphatic carbocycles. The van der Waals surface area contributed by atoms with Crippen LogP contribution < -0.4 is 5.32 Å². The Balaban J connectivity index is 0.00000507. The second kappa shape index (κ2) is 14.6. The van der Waals surface area contributed by atoms with Gasteiger partial charge < -0.3 is 20.6 Å². The predicted molar refractivity (Wildman–Crippen MR) is 144 cm³/mol. The Morgan fingerprint density at radius 2 is 1.63 bits per heavy atom. The van der Waals surface area contributed by atoms with E-state index in [9.17, 15) is 24.2 Å². The molecule has 38 heavy (non-hydrogen) atoms. The van der Waals surface area contributed by atoms with Crippen LogP contribution in [0.25, 0.3) is 5.69 Å². The predicted octanol–water partition coefficient (Wildman–Crippen LogP) is 3.50. The molecule has 0 saturated heterocycles. The van der Waals surface area contributed by atoms with Gasteiger partial charge in [0.25, 0.3) is 5.91 Å². The van der Waals surface area contributed by atoms with Gasteiger partial charge in [0, 0.05) is 11.3 Å². The molecule has 0 radical (unpaired) electrons. The number of aliphatic carboxylic acids is 1. The molecule has 4 N–H and O–H groups in total. The molecule has 0 aliphatic heterocycles. The summed E-state index contributed by atoms with van der Waals surface area (Å²) in [6.45, 7) is 5.78. The van der Waals surface area contributed by atoms with Crippen molar-refractivity contribution in [1.29, 1.82) is 0 Å². The molecule has 3 atom stereocenters. The van der Waals surface area contributed by atoms with Gasteiger partial charge in [0.05, 0.1) is 30.4 Å². The van der Waals surface area contributed by atoms with Crippen molar-refractivity contribution in [2.75, 3.05) is 0 Å². The summed E-state index contributed by atoms with van der Waals surface area (Å²) in [7, 11) is 0. The van der Waals surface area contributed by atoms with E-state index in [2.05, 4.69) is 10.4 Å². The summed E-state index contributed by atoms with van der Waals surface area (Å²) in [6.07, 6.45) is -2.14. The minimum absolute atomic E-state index is 0. The molecule has 0 fully saturated rings. The Hall–Kier alpha value is -2.56. The summed E-state index contributed by atoms with van der Waals surface area (Å²) >= 11 is 0. The number of aliphatic hydroxyl groups excluding tert-OH is 2. The Kier molecular flexibility index (Phi) is 12.1. The molecular weight excluding hydrogens is 500 g/mol. The fourth-order valence-corrected chi connectivity index (χ4v) is 4.39. The topological polar surface area (TPSA) is 125 Å². The molecule has 10 heteroatoms. The standard InChI is InChI=1S/C28H34FN3O5.Na.H/c1-17(2)26-24(14-13-22(33)15-23(34)16-25(35)36)32(21-11-9-20(29)10-12-21)31-27(26)28(37)30-18(3)19-7-5-4-6-8-19;;/h4-12,17-18,22-23,33-34H,13-16H2,1-3H3,(H,30,37)(H,35,36);;/t18?,22-,23-;;/m1../s1. The van der Waals surface area contributed by atoms with Crippen LogP contribution in [0.2, 0.25) is 0 Å². The summed E-state index contributed by atoms with van der Waals surface area (Å²) in [4.78, 5) is 24.2. The zero-order valence-electron chi connectivity index (χ0n) is 21.3. The fourth-order valence-electron chi connectivity index (χ4n) is 4.39. The molecule has 1 amide bonds. The Labute approximate surface area is 244 Å². The van der Waals surface area contributed by atoms with E-state index in [1.807, 2.05) is 51.1 Å². The van der Waals surface area contributed by atoms with Crippen LogP contribution >= 0.6 is 0 Å². The maximum atomic E-state index is 13.6. The van der Waals surface area contributed by atoms with Crippen molar-refractivity contribution in [1.82, 2.24) is 15.1 Å². The molecular formula is C28H35FN3NaO5. The number of aliphatic hydroxyl groups is 2. The second-order valence-corrected chi connectivity index (χ2v) is 9.54. The van der Waals surface area contributed by atoms with Gasteiger partial charge in [-0.25, -0.2) is 9.07 Å². The maximum absolute atomic E-state index is 13.6. The molecule has 0 spiro atoms. The second-order valence-electron chi connectivity index (χ2n) is 9.54.